The van der Waals surface area contributed by atoms with E-state index >= 15 is 0 Å². The molecule has 0 atom stereocenters. The molecule has 0 fully saturated rings. The molecule has 5 nitrogen and oxygen atoms in total. The standard InChI is InChI=1S/C17H21N3O2/c1-11(2)9-16(21)20-14-5-7-15(8-6-14)22-17-18-12(3)10-13(4)19-17/h5-8,10-11H,9H2,1-4H3,(H,20,21). The summed E-state index contributed by atoms with van der Waals surface area (Å²) in [7, 11) is 0. The summed E-state index contributed by atoms with van der Waals surface area (Å²) in [5.74, 6) is 0.984. The Hall–Kier alpha value is -2.43. The fourth-order valence-corrected chi connectivity index (χ4v) is 2.03. The number of aromatic nitrogens is 2. The van der Waals surface area contributed by atoms with Crippen molar-refractivity contribution in [3.05, 3.63) is 41.7 Å². The van der Waals surface area contributed by atoms with Gasteiger partial charge in [-0.2, -0.15) is 0 Å². The molecule has 0 saturated heterocycles. The molecular weight excluding hydrogens is 278 g/mol. The number of ether oxygens (including phenoxy) is 1. The van der Waals surface area contributed by atoms with E-state index in [2.05, 4.69) is 15.3 Å². The highest BCUT2D eigenvalue weighted by Crippen LogP contribution is 2.21. The molecule has 1 N–H and O–H groups in total. The summed E-state index contributed by atoms with van der Waals surface area (Å²) in [4.78, 5) is 20.2. The molecule has 1 heterocycles. The Balaban J connectivity index is 2.01. The summed E-state index contributed by atoms with van der Waals surface area (Å²) in [5, 5.41) is 2.86. The number of rotatable bonds is 5. The fraction of sp³-hybridized carbons (Fsp3) is 0.353. The zero-order valence-corrected chi connectivity index (χ0v) is 13.4. The molecule has 1 amide bonds. The Morgan fingerprint density at radius 1 is 1.14 bits per heavy atom. The minimum absolute atomic E-state index is 0.0151. The molecule has 0 aliphatic heterocycles. The predicted octanol–water partition coefficient (Wildman–Crippen LogP) is 3.87. The van der Waals surface area contributed by atoms with Crippen LogP contribution in [0.3, 0.4) is 0 Å². The molecule has 5 heteroatoms. The van der Waals surface area contributed by atoms with Crippen LogP contribution in [0.15, 0.2) is 30.3 Å². The lowest BCUT2D eigenvalue weighted by molar-refractivity contribution is -0.116. The Morgan fingerprint density at radius 3 is 2.27 bits per heavy atom. The van der Waals surface area contributed by atoms with Crippen molar-refractivity contribution < 1.29 is 9.53 Å². The number of nitrogens with one attached hydrogen (secondary N) is 1. The molecule has 2 rings (SSSR count). The van der Waals surface area contributed by atoms with Crippen LogP contribution >= 0.6 is 0 Å². The molecule has 0 radical (unpaired) electrons. The summed E-state index contributed by atoms with van der Waals surface area (Å²) >= 11 is 0. The number of carbonyl (C=O) groups excluding carboxylic acids is 1. The van der Waals surface area contributed by atoms with E-state index in [-0.39, 0.29) is 5.91 Å². The maximum Gasteiger partial charge on any atom is 0.322 e. The second kappa shape index (κ2) is 7.02. The molecule has 0 aliphatic rings. The van der Waals surface area contributed by atoms with E-state index in [1.165, 1.54) is 0 Å². The van der Waals surface area contributed by atoms with Crippen LogP contribution in [0.4, 0.5) is 5.69 Å². The summed E-state index contributed by atoms with van der Waals surface area (Å²) < 4.78 is 5.63. The van der Waals surface area contributed by atoms with Crippen molar-refractivity contribution in [3.8, 4) is 11.8 Å². The molecule has 0 aliphatic carbocycles. The first-order chi connectivity index (χ1) is 10.4. The minimum Gasteiger partial charge on any atom is -0.424 e. The fourth-order valence-electron chi connectivity index (χ4n) is 2.03. The van der Waals surface area contributed by atoms with Gasteiger partial charge in [0.2, 0.25) is 5.91 Å². The molecule has 0 saturated carbocycles. The SMILES string of the molecule is Cc1cc(C)nc(Oc2ccc(NC(=O)CC(C)C)cc2)n1. The maximum absolute atomic E-state index is 11.7. The number of benzene rings is 1. The van der Waals surface area contributed by atoms with Gasteiger partial charge in [-0.3, -0.25) is 4.79 Å². The van der Waals surface area contributed by atoms with Gasteiger partial charge in [0.1, 0.15) is 5.75 Å². The molecule has 0 bridgehead atoms. The highest BCUT2D eigenvalue weighted by molar-refractivity contribution is 5.90. The Labute approximate surface area is 130 Å². The summed E-state index contributed by atoms with van der Waals surface area (Å²) in [6.07, 6.45) is 0.509. The van der Waals surface area contributed by atoms with E-state index in [0.29, 0.717) is 24.1 Å². The number of nitrogens with zero attached hydrogens (tertiary/aromatic N) is 2. The van der Waals surface area contributed by atoms with Gasteiger partial charge in [0.15, 0.2) is 0 Å². The third-order valence-corrected chi connectivity index (χ3v) is 2.90. The van der Waals surface area contributed by atoms with E-state index in [1.807, 2.05) is 33.8 Å². The highest BCUT2D eigenvalue weighted by Gasteiger charge is 2.06. The number of anilines is 1. The van der Waals surface area contributed by atoms with Gasteiger partial charge < -0.3 is 10.1 Å². The van der Waals surface area contributed by atoms with Gasteiger partial charge >= 0.3 is 6.01 Å². The van der Waals surface area contributed by atoms with E-state index in [1.54, 1.807) is 24.3 Å². The van der Waals surface area contributed by atoms with Gasteiger partial charge in [-0.1, -0.05) is 13.8 Å². The Kier molecular flexibility index (Phi) is 5.09. The first-order valence-corrected chi connectivity index (χ1v) is 7.32. The van der Waals surface area contributed by atoms with Crippen LogP contribution in [0, 0.1) is 19.8 Å². The lowest BCUT2D eigenvalue weighted by atomic mass is 10.1. The number of hydrogen-bond acceptors (Lipinski definition) is 4. The zero-order chi connectivity index (χ0) is 16.1. The minimum atomic E-state index is 0.0151. The number of amides is 1. The van der Waals surface area contributed by atoms with Gasteiger partial charge in [-0.25, -0.2) is 9.97 Å². The quantitative estimate of drug-likeness (QED) is 0.910. The molecule has 22 heavy (non-hydrogen) atoms. The molecular formula is C17H21N3O2. The van der Waals surface area contributed by atoms with Crippen molar-refractivity contribution in [2.45, 2.75) is 34.1 Å². The van der Waals surface area contributed by atoms with E-state index in [9.17, 15) is 4.79 Å². The third-order valence-electron chi connectivity index (χ3n) is 2.90. The number of carbonyl (C=O) groups is 1. The van der Waals surface area contributed by atoms with Crippen LogP contribution in [-0.2, 0) is 4.79 Å². The van der Waals surface area contributed by atoms with Crippen molar-refractivity contribution in [3.63, 3.8) is 0 Å². The zero-order valence-electron chi connectivity index (χ0n) is 13.4. The molecule has 0 unspecified atom stereocenters. The smallest absolute Gasteiger partial charge is 0.322 e. The second-order valence-corrected chi connectivity index (χ2v) is 5.71. The van der Waals surface area contributed by atoms with Crippen molar-refractivity contribution in [1.82, 2.24) is 9.97 Å². The first-order valence-electron chi connectivity index (χ1n) is 7.32. The van der Waals surface area contributed by atoms with E-state index in [4.69, 9.17) is 4.74 Å². The molecule has 1 aromatic heterocycles. The lowest BCUT2D eigenvalue weighted by Gasteiger charge is -2.09. The molecule has 116 valence electrons. The van der Waals surface area contributed by atoms with Gasteiger partial charge in [0.05, 0.1) is 0 Å². The van der Waals surface area contributed by atoms with Gasteiger partial charge in [0.25, 0.3) is 0 Å². The number of hydrogen-bond donors (Lipinski definition) is 1. The summed E-state index contributed by atoms with van der Waals surface area (Å²) in [5.41, 5.74) is 2.47. The van der Waals surface area contributed by atoms with Crippen molar-refractivity contribution in [1.29, 1.82) is 0 Å². The molecule has 1 aromatic carbocycles. The third kappa shape index (κ3) is 4.84. The van der Waals surface area contributed by atoms with Gasteiger partial charge in [-0.05, 0) is 50.1 Å². The first kappa shape index (κ1) is 15.9. The van der Waals surface area contributed by atoms with E-state index in [0.717, 1.165) is 17.1 Å². The van der Waals surface area contributed by atoms with Crippen LogP contribution in [0.25, 0.3) is 0 Å². The lowest BCUT2D eigenvalue weighted by Crippen LogP contribution is -2.13. The highest BCUT2D eigenvalue weighted by atomic mass is 16.5. The van der Waals surface area contributed by atoms with Gasteiger partial charge in [-0.15, -0.1) is 0 Å². The Bertz CT molecular complexity index is 631. The largest absolute Gasteiger partial charge is 0.424 e. The topological polar surface area (TPSA) is 64.1 Å². The normalized spacial score (nSPS) is 10.6. The molecule has 2 aromatic rings. The van der Waals surface area contributed by atoms with Crippen LogP contribution < -0.4 is 10.1 Å². The maximum atomic E-state index is 11.7. The summed E-state index contributed by atoms with van der Waals surface area (Å²) in [6, 6.07) is 9.39. The number of aryl methyl sites for hydroxylation is 2. The van der Waals surface area contributed by atoms with Gasteiger partial charge in [0, 0.05) is 23.5 Å². The van der Waals surface area contributed by atoms with Crippen LogP contribution in [-0.4, -0.2) is 15.9 Å². The van der Waals surface area contributed by atoms with Crippen LogP contribution in [0.5, 0.6) is 11.8 Å². The van der Waals surface area contributed by atoms with E-state index < -0.39 is 0 Å². The van der Waals surface area contributed by atoms with Crippen molar-refractivity contribution in [2.24, 2.45) is 5.92 Å². The average Bonchev–Trinajstić information content (AvgIpc) is 2.39. The predicted molar refractivity (Wildman–Crippen MR) is 86.1 cm³/mol. The average molecular weight is 299 g/mol. The van der Waals surface area contributed by atoms with Crippen LogP contribution in [0.1, 0.15) is 31.7 Å². The van der Waals surface area contributed by atoms with Crippen molar-refractivity contribution >= 4 is 11.6 Å². The monoisotopic (exact) mass is 299 g/mol. The second-order valence-electron chi connectivity index (χ2n) is 5.71. The summed E-state index contributed by atoms with van der Waals surface area (Å²) in [6.45, 7) is 7.82. The Morgan fingerprint density at radius 2 is 1.73 bits per heavy atom. The molecule has 0 spiro atoms. The van der Waals surface area contributed by atoms with Crippen molar-refractivity contribution in [2.75, 3.05) is 5.32 Å². The van der Waals surface area contributed by atoms with Crippen LogP contribution in [0.2, 0.25) is 0 Å².